The Morgan fingerprint density at radius 2 is 2.13 bits per heavy atom. The van der Waals surface area contributed by atoms with Gasteiger partial charge in [0.1, 0.15) is 5.75 Å². The van der Waals surface area contributed by atoms with E-state index in [9.17, 15) is 0 Å². The van der Waals surface area contributed by atoms with E-state index < -0.39 is 0 Å². The molecule has 0 aliphatic rings. The fourth-order valence-corrected chi connectivity index (χ4v) is 2.82. The lowest BCUT2D eigenvalue weighted by Gasteiger charge is -2.12. The number of unbranched alkanes of at least 4 members (excludes halogenated alkanes) is 1. The van der Waals surface area contributed by atoms with Crippen LogP contribution >= 0.6 is 23.4 Å². The Hall–Kier alpha value is -1.07. The quantitative estimate of drug-likeness (QED) is 0.381. The third-order valence-corrected chi connectivity index (χ3v) is 4.37. The highest BCUT2D eigenvalue weighted by Gasteiger charge is 2.03. The molecule has 0 aromatic heterocycles. The Labute approximate surface area is 149 Å². The molecule has 0 saturated heterocycles. The average molecular weight is 358 g/mol. The number of thioether (sulfide) groups is 1. The van der Waals surface area contributed by atoms with Gasteiger partial charge in [-0.15, -0.1) is 0 Å². The van der Waals surface area contributed by atoms with Gasteiger partial charge in [-0.25, -0.2) is 0 Å². The van der Waals surface area contributed by atoms with Crippen LogP contribution in [0.25, 0.3) is 0 Å². The second-order valence-corrected chi connectivity index (χ2v) is 6.49. The Morgan fingerprint density at radius 3 is 2.78 bits per heavy atom. The predicted octanol–water partition coefficient (Wildman–Crippen LogP) is 3.59. The number of nitrogens with one attached hydrogen (secondary N) is 2. The molecule has 0 aliphatic heterocycles. The minimum Gasteiger partial charge on any atom is -0.497 e. The molecule has 2 N–H and O–H groups in total. The zero-order valence-electron chi connectivity index (χ0n) is 14.3. The summed E-state index contributed by atoms with van der Waals surface area (Å²) < 4.78 is 5.17. The molecule has 0 spiro atoms. The number of hydrogen-bond donors (Lipinski definition) is 2. The number of rotatable bonds is 10. The fraction of sp³-hybridized carbons (Fsp3) is 0.588. The van der Waals surface area contributed by atoms with Crippen LogP contribution in [0.3, 0.4) is 0 Å². The van der Waals surface area contributed by atoms with Crippen LogP contribution < -0.4 is 15.4 Å². The van der Waals surface area contributed by atoms with Gasteiger partial charge in [0, 0.05) is 24.7 Å². The molecule has 0 heterocycles. The third-order valence-electron chi connectivity index (χ3n) is 3.32. The van der Waals surface area contributed by atoms with Crippen LogP contribution in [0.1, 0.15) is 25.3 Å². The molecule has 0 bridgehead atoms. The molecule has 6 heteroatoms. The van der Waals surface area contributed by atoms with E-state index in [4.69, 9.17) is 16.3 Å². The average Bonchev–Trinajstić information content (AvgIpc) is 2.56. The first kappa shape index (κ1) is 20.0. The van der Waals surface area contributed by atoms with E-state index >= 15 is 0 Å². The standard InChI is InChI=1S/C17H28ClN3OS/c1-4-19-17(20-10-5-6-12-23-3)21-11-9-14-7-8-15(22-2)13-16(14)18/h7-8,13H,4-6,9-12H2,1-3H3,(H2,19,20,21). The third kappa shape index (κ3) is 8.37. The van der Waals surface area contributed by atoms with Crippen LogP contribution in [-0.4, -0.2) is 44.7 Å². The van der Waals surface area contributed by atoms with Crippen LogP contribution in [0.15, 0.2) is 23.2 Å². The van der Waals surface area contributed by atoms with Gasteiger partial charge in [-0.05, 0) is 55.9 Å². The topological polar surface area (TPSA) is 45.7 Å². The summed E-state index contributed by atoms with van der Waals surface area (Å²) in [5.41, 5.74) is 1.11. The summed E-state index contributed by atoms with van der Waals surface area (Å²) in [5.74, 6) is 2.86. The summed E-state index contributed by atoms with van der Waals surface area (Å²) >= 11 is 8.15. The Bertz CT molecular complexity index is 483. The van der Waals surface area contributed by atoms with Gasteiger partial charge in [-0.2, -0.15) is 11.8 Å². The van der Waals surface area contributed by atoms with Crippen molar-refractivity contribution in [1.29, 1.82) is 0 Å². The van der Waals surface area contributed by atoms with Crippen molar-refractivity contribution in [1.82, 2.24) is 10.6 Å². The van der Waals surface area contributed by atoms with E-state index in [1.54, 1.807) is 7.11 Å². The van der Waals surface area contributed by atoms with Crippen molar-refractivity contribution in [3.63, 3.8) is 0 Å². The van der Waals surface area contributed by atoms with Crippen LogP contribution in [0.4, 0.5) is 0 Å². The van der Waals surface area contributed by atoms with Gasteiger partial charge >= 0.3 is 0 Å². The minimum absolute atomic E-state index is 0.741. The molecular weight excluding hydrogens is 330 g/mol. The van der Waals surface area contributed by atoms with Crippen LogP contribution in [0.2, 0.25) is 5.02 Å². The molecule has 130 valence electrons. The first-order valence-electron chi connectivity index (χ1n) is 8.04. The fourth-order valence-electron chi connectivity index (χ4n) is 2.06. The maximum Gasteiger partial charge on any atom is 0.191 e. The number of benzene rings is 1. The van der Waals surface area contributed by atoms with E-state index in [1.807, 2.05) is 30.0 Å². The summed E-state index contributed by atoms with van der Waals surface area (Å²) in [7, 11) is 1.64. The predicted molar refractivity (Wildman–Crippen MR) is 103 cm³/mol. The number of halogens is 1. The van der Waals surface area contributed by atoms with Crippen molar-refractivity contribution in [2.45, 2.75) is 26.2 Å². The second-order valence-electron chi connectivity index (χ2n) is 5.09. The molecule has 0 amide bonds. The minimum atomic E-state index is 0.741. The highest BCUT2D eigenvalue weighted by Crippen LogP contribution is 2.22. The zero-order valence-corrected chi connectivity index (χ0v) is 15.9. The molecule has 0 unspecified atom stereocenters. The van der Waals surface area contributed by atoms with Gasteiger partial charge < -0.3 is 15.4 Å². The Morgan fingerprint density at radius 1 is 1.30 bits per heavy atom. The lowest BCUT2D eigenvalue weighted by atomic mass is 10.1. The smallest absolute Gasteiger partial charge is 0.191 e. The van der Waals surface area contributed by atoms with Crippen molar-refractivity contribution in [2.24, 2.45) is 4.99 Å². The van der Waals surface area contributed by atoms with Crippen LogP contribution in [0.5, 0.6) is 5.75 Å². The number of nitrogens with zero attached hydrogens (tertiary/aromatic N) is 1. The van der Waals surface area contributed by atoms with Crippen molar-refractivity contribution in [2.75, 3.05) is 38.8 Å². The van der Waals surface area contributed by atoms with Crippen molar-refractivity contribution in [3.05, 3.63) is 28.8 Å². The molecule has 23 heavy (non-hydrogen) atoms. The Balaban J connectivity index is 2.41. The maximum atomic E-state index is 6.26. The molecule has 4 nitrogen and oxygen atoms in total. The molecule has 1 aromatic rings. The van der Waals surface area contributed by atoms with E-state index in [-0.39, 0.29) is 0 Å². The van der Waals surface area contributed by atoms with Gasteiger partial charge in [-0.3, -0.25) is 4.99 Å². The molecular formula is C17H28ClN3OS. The number of guanidine groups is 1. The molecule has 0 fully saturated rings. The van der Waals surface area contributed by atoms with E-state index in [0.717, 1.165) is 54.8 Å². The van der Waals surface area contributed by atoms with Gasteiger partial charge in [0.15, 0.2) is 5.96 Å². The maximum absolute atomic E-state index is 6.26. The largest absolute Gasteiger partial charge is 0.497 e. The van der Waals surface area contributed by atoms with Crippen molar-refractivity contribution in [3.8, 4) is 5.75 Å². The molecule has 1 aromatic carbocycles. The monoisotopic (exact) mass is 357 g/mol. The number of methoxy groups -OCH3 is 1. The second kappa shape index (κ2) is 12.4. The summed E-state index contributed by atoms with van der Waals surface area (Å²) in [5, 5.41) is 7.37. The Kier molecular flexibility index (Phi) is 10.7. The normalized spacial score (nSPS) is 11.4. The number of ether oxygens (including phenoxy) is 1. The highest BCUT2D eigenvalue weighted by molar-refractivity contribution is 7.98. The van der Waals surface area contributed by atoms with Crippen molar-refractivity contribution < 1.29 is 4.74 Å². The van der Waals surface area contributed by atoms with E-state index in [1.165, 1.54) is 12.2 Å². The van der Waals surface area contributed by atoms with Crippen LogP contribution in [-0.2, 0) is 6.42 Å². The SMILES string of the molecule is CCNC(=NCCCCSC)NCCc1ccc(OC)cc1Cl. The van der Waals surface area contributed by atoms with E-state index in [2.05, 4.69) is 28.8 Å². The first-order valence-corrected chi connectivity index (χ1v) is 9.82. The molecule has 0 aliphatic carbocycles. The van der Waals surface area contributed by atoms with Gasteiger partial charge in [-0.1, -0.05) is 17.7 Å². The summed E-state index contributed by atoms with van der Waals surface area (Å²) in [6.45, 7) is 4.59. The van der Waals surface area contributed by atoms with Gasteiger partial charge in [0.25, 0.3) is 0 Å². The lowest BCUT2D eigenvalue weighted by Crippen LogP contribution is -2.38. The molecule has 0 radical (unpaired) electrons. The molecule has 0 saturated carbocycles. The lowest BCUT2D eigenvalue weighted by molar-refractivity contribution is 0.414. The van der Waals surface area contributed by atoms with Crippen molar-refractivity contribution >= 4 is 29.3 Å². The summed E-state index contributed by atoms with van der Waals surface area (Å²) in [6.07, 6.45) is 5.33. The molecule has 1 rings (SSSR count). The first-order chi connectivity index (χ1) is 11.2. The van der Waals surface area contributed by atoms with Crippen LogP contribution in [0, 0.1) is 0 Å². The van der Waals surface area contributed by atoms with Gasteiger partial charge in [0.2, 0.25) is 0 Å². The summed E-state index contributed by atoms with van der Waals surface area (Å²) in [6, 6.07) is 5.80. The highest BCUT2D eigenvalue weighted by atomic mass is 35.5. The van der Waals surface area contributed by atoms with Gasteiger partial charge in [0.05, 0.1) is 7.11 Å². The zero-order chi connectivity index (χ0) is 16.9. The number of hydrogen-bond acceptors (Lipinski definition) is 3. The molecule has 0 atom stereocenters. The van der Waals surface area contributed by atoms with E-state index in [0.29, 0.717) is 0 Å². The number of aliphatic imine (C=N–C) groups is 1. The summed E-state index contributed by atoms with van der Waals surface area (Å²) in [4.78, 5) is 4.60.